The van der Waals surface area contributed by atoms with Gasteiger partial charge in [0.2, 0.25) is 5.60 Å². The molecule has 2 aromatic rings. The number of ether oxygens (including phenoxy) is 2. The highest BCUT2D eigenvalue weighted by molar-refractivity contribution is 7.84. The summed E-state index contributed by atoms with van der Waals surface area (Å²) in [5.41, 5.74) is -4.92. The predicted octanol–water partition coefficient (Wildman–Crippen LogP) is 2.77. The van der Waals surface area contributed by atoms with E-state index in [1.165, 1.54) is 12.1 Å². The first kappa shape index (κ1) is 31.3. The molecule has 4 N–H and O–H groups in total. The average Bonchev–Trinajstić information content (AvgIpc) is 3.22. The summed E-state index contributed by atoms with van der Waals surface area (Å²) in [6.07, 6.45) is -5.27. The molecule has 2 aliphatic rings. The normalized spacial score (nSPS) is 20.8. The number of alkyl halides is 3. The second-order valence-corrected chi connectivity index (χ2v) is 13.4. The number of amides is 1. The monoisotopic (exact) mass is 620 g/mol. The Morgan fingerprint density at radius 1 is 1.24 bits per heavy atom. The first-order chi connectivity index (χ1) is 19.0. The van der Waals surface area contributed by atoms with Gasteiger partial charge in [-0.3, -0.25) is 4.79 Å². The maximum Gasteiger partial charge on any atom is 0.424 e. The molecular formula is C26H32ClF3N4O6S. The number of aromatic nitrogens is 1. The average molecular weight is 621 g/mol. The Morgan fingerprint density at radius 3 is 2.59 bits per heavy atom. The standard InChI is InChI=1S/C26H32ClF3N4O6S/c1-23(2,3)41(38)33-24(4)14-40-20-16(24)12-19(32-21(20)27)25(37,26(28,29)30)13-31-22(36)15-5-6-17-18(11-15)39-10-8-34(17)7-9-35/h5-6,11-12,33,35,37H,7-10,13-14H2,1-4H3,(H,31,36). The number of carbonyl (C=O) groups is 1. The number of carbonyl (C=O) groups excluding carboxylic acids is 1. The number of aliphatic hydroxyl groups excluding tert-OH is 1. The topological polar surface area (TPSA) is 133 Å². The zero-order valence-corrected chi connectivity index (χ0v) is 24.5. The molecule has 0 aliphatic carbocycles. The Kier molecular flexibility index (Phi) is 8.56. The zero-order chi connectivity index (χ0) is 30.4. The van der Waals surface area contributed by atoms with Crippen LogP contribution in [0.4, 0.5) is 18.9 Å². The fourth-order valence-corrected chi connectivity index (χ4v) is 5.55. The Hall–Kier alpha value is -2.65. The van der Waals surface area contributed by atoms with Crippen molar-refractivity contribution in [1.82, 2.24) is 15.0 Å². The van der Waals surface area contributed by atoms with Gasteiger partial charge in [0.05, 0.1) is 52.3 Å². The lowest BCUT2D eigenvalue weighted by Gasteiger charge is -2.32. The molecule has 3 unspecified atom stereocenters. The van der Waals surface area contributed by atoms with Crippen LogP contribution in [0.1, 0.15) is 49.3 Å². The summed E-state index contributed by atoms with van der Waals surface area (Å²) in [5.74, 6) is -0.537. The number of anilines is 1. The molecule has 3 heterocycles. The van der Waals surface area contributed by atoms with Crippen LogP contribution in [-0.2, 0) is 22.1 Å². The minimum Gasteiger partial charge on any atom is -0.490 e. The molecule has 0 fully saturated rings. The quantitative estimate of drug-likeness (QED) is 0.331. The summed E-state index contributed by atoms with van der Waals surface area (Å²) in [6, 6.07) is 5.37. The molecule has 0 spiro atoms. The van der Waals surface area contributed by atoms with E-state index in [9.17, 15) is 32.4 Å². The smallest absolute Gasteiger partial charge is 0.424 e. The Bertz CT molecular complexity index is 1360. The highest BCUT2D eigenvalue weighted by Gasteiger charge is 2.57. The van der Waals surface area contributed by atoms with Crippen LogP contribution in [-0.4, -0.2) is 75.7 Å². The summed E-state index contributed by atoms with van der Waals surface area (Å²) in [4.78, 5) is 18.5. The summed E-state index contributed by atoms with van der Waals surface area (Å²) in [7, 11) is -1.62. The number of aliphatic hydroxyl groups is 2. The third kappa shape index (κ3) is 6.12. The molecular weight excluding hydrogens is 589 g/mol. The van der Waals surface area contributed by atoms with Gasteiger partial charge < -0.3 is 29.9 Å². The number of benzene rings is 1. The first-order valence-electron chi connectivity index (χ1n) is 12.7. The lowest BCUT2D eigenvalue weighted by atomic mass is 9.91. The van der Waals surface area contributed by atoms with Crippen molar-refractivity contribution in [3.63, 3.8) is 0 Å². The van der Waals surface area contributed by atoms with Crippen molar-refractivity contribution in [1.29, 1.82) is 0 Å². The van der Waals surface area contributed by atoms with E-state index in [4.69, 9.17) is 21.1 Å². The number of fused-ring (bicyclic) bond motifs is 2. The molecule has 3 atom stereocenters. The van der Waals surface area contributed by atoms with Gasteiger partial charge in [-0.25, -0.2) is 13.9 Å². The number of hydrogen-bond acceptors (Lipinski definition) is 8. The predicted molar refractivity (Wildman–Crippen MR) is 147 cm³/mol. The van der Waals surface area contributed by atoms with Gasteiger partial charge in [0.15, 0.2) is 10.9 Å². The van der Waals surface area contributed by atoms with Crippen molar-refractivity contribution in [2.24, 2.45) is 0 Å². The van der Waals surface area contributed by atoms with Gasteiger partial charge in [0.25, 0.3) is 5.91 Å². The molecule has 15 heteroatoms. The Labute approximate surface area is 242 Å². The number of nitrogens with zero attached hydrogens (tertiary/aromatic N) is 2. The Morgan fingerprint density at radius 2 is 1.95 bits per heavy atom. The second-order valence-electron chi connectivity index (χ2n) is 11.1. The fourth-order valence-electron chi connectivity index (χ4n) is 4.42. The van der Waals surface area contributed by atoms with E-state index in [0.29, 0.717) is 31.1 Å². The largest absolute Gasteiger partial charge is 0.490 e. The van der Waals surface area contributed by atoms with Crippen molar-refractivity contribution >= 4 is 34.2 Å². The van der Waals surface area contributed by atoms with Gasteiger partial charge >= 0.3 is 6.18 Å². The number of halogens is 4. The summed E-state index contributed by atoms with van der Waals surface area (Å²) < 4.78 is 69.4. The summed E-state index contributed by atoms with van der Waals surface area (Å²) in [6.45, 7) is 6.51. The maximum absolute atomic E-state index is 14.4. The third-order valence-corrected chi connectivity index (χ3v) is 8.86. The molecule has 1 aromatic carbocycles. The van der Waals surface area contributed by atoms with Gasteiger partial charge in [0, 0.05) is 17.7 Å². The molecule has 4 rings (SSSR count). The van der Waals surface area contributed by atoms with Crippen molar-refractivity contribution in [3.05, 3.63) is 46.2 Å². The second kappa shape index (κ2) is 11.2. The van der Waals surface area contributed by atoms with Gasteiger partial charge in [0.1, 0.15) is 19.0 Å². The first-order valence-corrected chi connectivity index (χ1v) is 14.3. The number of pyridine rings is 1. The lowest BCUT2D eigenvalue weighted by Crippen LogP contribution is -2.52. The van der Waals surface area contributed by atoms with Crippen molar-refractivity contribution in [2.45, 2.75) is 49.8 Å². The SMILES string of the molecule is CC1(NS(=O)C(C)(C)C)COc2c1cc(C(O)(CNC(=O)c1ccc3c(c1)OCCN3CCO)C(F)(F)F)nc2Cl. The van der Waals surface area contributed by atoms with Crippen LogP contribution < -0.4 is 24.4 Å². The molecule has 10 nitrogen and oxygen atoms in total. The van der Waals surface area contributed by atoms with Crippen molar-refractivity contribution in [2.75, 3.05) is 44.4 Å². The highest BCUT2D eigenvalue weighted by Crippen LogP contribution is 2.46. The van der Waals surface area contributed by atoms with E-state index in [0.717, 1.165) is 6.07 Å². The fraction of sp³-hybridized carbons (Fsp3) is 0.538. The molecule has 0 saturated heterocycles. The van der Waals surface area contributed by atoms with E-state index >= 15 is 0 Å². The van der Waals surface area contributed by atoms with Crippen molar-refractivity contribution in [3.8, 4) is 11.5 Å². The molecule has 0 saturated carbocycles. The van der Waals surface area contributed by atoms with Crippen LogP contribution in [0.5, 0.6) is 11.5 Å². The van der Waals surface area contributed by atoms with E-state index in [1.807, 2.05) is 4.90 Å². The number of β-amino-alcohol motifs (C(OH)–C–C–N with tert-alkyl or cyclic N) is 1. The summed E-state index contributed by atoms with van der Waals surface area (Å²) >= 11 is 6.21. The van der Waals surface area contributed by atoms with Crippen LogP contribution in [0.2, 0.25) is 5.15 Å². The van der Waals surface area contributed by atoms with E-state index in [2.05, 4.69) is 15.0 Å². The molecule has 41 heavy (non-hydrogen) atoms. The van der Waals surface area contributed by atoms with Crippen LogP contribution in [0.25, 0.3) is 0 Å². The van der Waals surface area contributed by atoms with Gasteiger partial charge in [-0.05, 0) is 52.0 Å². The molecule has 2 aliphatic heterocycles. The highest BCUT2D eigenvalue weighted by atomic mass is 35.5. The van der Waals surface area contributed by atoms with E-state index in [-0.39, 0.29) is 30.1 Å². The number of hydrogen-bond donors (Lipinski definition) is 4. The zero-order valence-electron chi connectivity index (χ0n) is 22.9. The molecule has 0 radical (unpaired) electrons. The minimum absolute atomic E-state index is 0.00824. The van der Waals surface area contributed by atoms with Crippen LogP contribution >= 0.6 is 11.6 Å². The molecule has 1 amide bonds. The van der Waals surface area contributed by atoms with Crippen LogP contribution in [0.15, 0.2) is 24.3 Å². The third-order valence-electron chi connectivity index (χ3n) is 6.85. The maximum atomic E-state index is 14.4. The van der Waals surface area contributed by atoms with Gasteiger partial charge in [-0.15, -0.1) is 0 Å². The van der Waals surface area contributed by atoms with E-state index in [1.54, 1.807) is 33.8 Å². The van der Waals surface area contributed by atoms with Gasteiger partial charge in [-0.2, -0.15) is 13.2 Å². The molecule has 226 valence electrons. The lowest BCUT2D eigenvalue weighted by molar-refractivity contribution is -0.265. The Balaban J connectivity index is 1.62. The van der Waals surface area contributed by atoms with Crippen LogP contribution in [0.3, 0.4) is 0 Å². The minimum atomic E-state index is -5.27. The summed E-state index contributed by atoms with van der Waals surface area (Å²) in [5, 5.41) is 22.0. The van der Waals surface area contributed by atoms with E-state index < -0.39 is 56.3 Å². The molecule has 1 aromatic heterocycles. The molecule has 0 bridgehead atoms. The number of nitrogens with one attached hydrogen (secondary N) is 2. The van der Waals surface area contributed by atoms with Gasteiger partial charge in [-0.1, -0.05) is 11.6 Å². The van der Waals surface area contributed by atoms with Crippen molar-refractivity contribution < 1.29 is 41.9 Å². The van der Waals surface area contributed by atoms with Crippen LogP contribution in [0, 0.1) is 0 Å². The number of rotatable bonds is 8.